The third-order valence-corrected chi connectivity index (χ3v) is 3.98. The molecule has 4 heteroatoms. The molecule has 1 fully saturated rings. The Labute approximate surface area is 127 Å². The van der Waals surface area contributed by atoms with Gasteiger partial charge in [0.25, 0.3) is 0 Å². The van der Waals surface area contributed by atoms with E-state index in [0.717, 1.165) is 30.0 Å². The topological polar surface area (TPSA) is 45.1 Å². The lowest BCUT2D eigenvalue weighted by Crippen LogP contribution is -2.27. The minimum Gasteiger partial charge on any atom is -0.494 e. The summed E-state index contributed by atoms with van der Waals surface area (Å²) >= 11 is 0. The van der Waals surface area contributed by atoms with Crippen LogP contribution >= 0.6 is 0 Å². The molecule has 1 aromatic rings. The van der Waals surface area contributed by atoms with Gasteiger partial charge in [-0.25, -0.2) is 0 Å². The van der Waals surface area contributed by atoms with Crippen molar-refractivity contribution in [2.45, 2.75) is 39.0 Å². The highest BCUT2D eigenvalue weighted by molar-refractivity contribution is 6.00. The lowest BCUT2D eigenvalue weighted by Gasteiger charge is -2.19. The van der Waals surface area contributed by atoms with Crippen LogP contribution < -0.4 is 4.74 Å². The lowest BCUT2D eigenvalue weighted by atomic mass is 10.1. The zero-order chi connectivity index (χ0) is 14.9. The van der Waals surface area contributed by atoms with Gasteiger partial charge in [0.15, 0.2) is 0 Å². The first kappa shape index (κ1) is 15.8. The van der Waals surface area contributed by atoms with Crippen LogP contribution in [-0.4, -0.2) is 42.1 Å². The van der Waals surface area contributed by atoms with Gasteiger partial charge in [-0.1, -0.05) is 18.0 Å². The second-order valence-electron chi connectivity index (χ2n) is 5.51. The molecule has 1 saturated heterocycles. The summed E-state index contributed by atoms with van der Waals surface area (Å²) in [4.78, 5) is 2.48. The normalized spacial score (nSPS) is 17.5. The van der Waals surface area contributed by atoms with E-state index in [9.17, 15) is 5.21 Å². The fourth-order valence-electron chi connectivity index (χ4n) is 2.79. The summed E-state index contributed by atoms with van der Waals surface area (Å²) in [5.41, 5.74) is 1.72. The molecule has 1 N–H and O–H groups in total. The molecular formula is C17H26N2O2. The van der Waals surface area contributed by atoms with Gasteiger partial charge in [0, 0.05) is 13.0 Å². The van der Waals surface area contributed by atoms with Crippen molar-refractivity contribution in [3.63, 3.8) is 0 Å². The van der Waals surface area contributed by atoms with Gasteiger partial charge in [-0.05, 0) is 62.7 Å². The molecule has 2 rings (SSSR count). The van der Waals surface area contributed by atoms with Crippen molar-refractivity contribution in [2.75, 3.05) is 26.2 Å². The number of benzene rings is 1. The molecule has 0 amide bonds. The molecule has 0 atom stereocenters. The molecule has 21 heavy (non-hydrogen) atoms. The van der Waals surface area contributed by atoms with Crippen LogP contribution in [0, 0.1) is 0 Å². The van der Waals surface area contributed by atoms with E-state index in [1.807, 2.05) is 31.2 Å². The third kappa shape index (κ3) is 5.05. The van der Waals surface area contributed by atoms with Crippen LogP contribution in [0.4, 0.5) is 0 Å². The molecule has 1 aromatic carbocycles. The zero-order valence-corrected chi connectivity index (χ0v) is 12.9. The van der Waals surface area contributed by atoms with Crippen molar-refractivity contribution in [3.05, 3.63) is 29.8 Å². The number of rotatable bonds is 6. The van der Waals surface area contributed by atoms with Gasteiger partial charge < -0.3 is 14.8 Å². The Morgan fingerprint density at radius 3 is 2.38 bits per heavy atom. The molecule has 0 bridgehead atoms. The number of oxime groups is 1. The summed E-state index contributed by atoms with van der Waals surface area (Å²) in [6.07, 6.45) is 6.04. The summed E-state index contributed by atoms with van der Waals surface area (Å²) in [5.74, 6) is 0.853. The van der Waals surface area contributed by atoms with Crippen molar-refractivity contribution >= 4 is 5.71 Å². The maximum atomic E-state index is 9.28. The van der Waals surface area contributed by atoms with Crippen LogP contribution in [0.1, 0.15) is 44.6 Å². The summed E-state index contributed by atoms with van der Waals surface area (Å²) < 4.78 is 5.43. The van der Waals surface area contributed by atoms with Gasteiger partial charge in [-0.2, -0.15) is 0 Å². The summed E-state index contributed by atoms with van der Waals surface area (Å²) in [6, 6.07) is 7.77. The van der Waals surface area contributed by atoms with Crippen LogP contribution in [0.15, 0.2) is 29.4 Å². The van der Waals surface area contributed by atoms with E-state index in [1.54, 1.807) is 0 Å². The fourth-order valence-corrected chi connectivity index (χ4v) is 2.79. The molecule has 0 saturated carbocycles. The predicted molar refractivity (Wildman–Crippen MR) is 85.5 cm³/mol. The number of hydrogen-bond donors (Lipinski definition) is 1. The van der Waals surface area contributed by atoms with E-state index in [1.165, 1.54) is 38.8 Å². The van der Waals surface area contributed by atoms with Gasteiger partial charge in [0.05, 0.1) is 12.3 Å². The van der Waals surface area contributed by atoms with Crippen molar-refractivity contribution in [1.82, 2.24) is 4.90 Å². The van der Waals surface area contributed by atoms with Gasteiger partial charge in [-0.3, -0.25) is 0 Å². The number of nitrogens with zero attached hydrogens (tertiary/aromatic N) is 2. The Bertz CT molecular complexity index is 435. The summed E-state index contributed by atoms with van der Waals surface area (Å²) in [5, 5.41) is 12.8. The van der Waals surface area contributed by atoms with Gasteiger partial charge in [0.2, 0.25) is 0 Å². The number of likely N-dealkylation sites (tertiary alicyclic amines) is 1. The second kappa shape index (κ2) is 8.67. The standard InChI is InChI=1S/C17H26N2O2/c1-2-21-16-9-7-15(8-10-16)17(18-20)11-14-19-12-5-3-4-6-13-19/h7-10,20H,2-6,11-14H2,1H3/b18-17-. The molecule has 1 aliphatic rings. The Kier molecular flexibility index (Phi) is 6.54. The highest BCUT2D eigenvalue weighted by Gasteiger charge is 2.11. The zero-order valence-electron chi connectivity index (χ0n) is 12.9. The molecular weight excluding hydrogens is 264 g/mol. The molecule has 0 aliphatic carbocycles. The van der Waals surface area contributed by atoms with Crippen molar-refractivity contribution in [3.8, 4) is 5.75 Å². The quantitative estimate of drug-likeness (QED) is 0.495. The lowest BCUT2D eigenvalue weighted by molar-refractivity contribution is 0.288. The van der Waals surface area contributed by atoms with E-state index < -0.39 is 0 Å². The smallest absolute Gasteiger partial charge is 0.119 e. The van der Waals surface area contributed by atoms with E-state index in [2.05, 4.69) is 10.1 Å². The first-order chi connectivity index (χ1) is 10.3. The molecule has 116 valence electrons. The van der Waals surface area contributed by atoms with Crippen LogP contribution in [0.3, 0.4) is 0 Å². The van der Waals surface area contributed by atoms with Crippen molar-refractivity contribution < 1.29 is 9.94 Å². The first-order valence-electron chi connectivity index (χ1n) is 8.00. The van der Waals surface area contributed by atoms with Gasteiger partial charge >= 0.3 is 0 Å². The highest BCUT2D eigenvalue weighted by atomic mass is 16.5. The van der Waals surface area contributed by atoms with Crippen LogP contribution in [-0.2, 0) is 0 Å². The predicted octanol–water partition coefficient (Wildman–Crippen LogP) is 3.53. The first-order valence-corrected chi connectivity index (χ1v) is 8.00. The average Bonchev–Trinajstić information content (AvgIpc) is 2.78. The van der Waals surface area contributed by atoms with Gasteiger partial charge in [-0.15, -0.1) is 0 Å². The fraction of sp³-hybridized carbons (Fsp3) is 0.588. The van der Waals surface area contributed by atoms with Crippen molar-refractivity contribution in [1.29, 1.82) is 0 Å². The van der Waals surface area contributed by atoms with E-state index in [-0.39, 0.29) is 0 Å². The van der Waals surface area contributed by atoms with E-state index in [4.69, 9.17) is 4.74 Å². The maximum Gasteiger partial charge on any atom is 0.119 e. The molecule has 1 aliphatic heterocycles. The minimum atomic E-state index is 0.662. The number of ether oxygens (including phenoxy) is 1. The molecule has 4 nitrogen and oxygen atoms in total. The van der Waals surface area contributed by atoms with Crippen LogP contribution in [0.5, 0.6) is 5.75 Å². The molecule has 0 unspecified atom stereocenters. The van der Waals surface area contributed by atoms with Crippen LogP contribution in [0.25, 0.3) is 0 Å². The third-order valence-electron chi connectivity index (χ3n) is 3.98. The molecule has 1 heterocycles. The largest absolute Gasteiger partial charge is 0.494 e. The monoisotopic (exact) mass is 290 g/mol. The van der Waals surface area contributed by atoms with Crippen molar-refractivity contribution in [2.24, 2.45) is 5.16 Å². The Morgan fingerprint density at radius 2 is 1.81 bits per heavy atom. The highest BCUT2D eigenvalue weighted by Crippen LogP contribution is 2.15. The average molecular weight is 290 g/mol. The number of hydrogen-bond acceptors (Lipinski definition) is 4. The molecule has 0 aromatic heterocycles. The second-order valence-corrected chi connectivity index (χ2v) is 5.51. The summed E-state index contributed by atoms with van der Waals surface area (Å²) in [7, 11) is 0. The van der Waals surface area contributed by atoms with E-state index >= 15 is 0 Å². The Hall–Kier alpha value is -1.55. The Balaban J connectivity index is 1.90. The van der Waals surface area contributed by atoms with Gasteiger partial charge in [0.1, 0.15) is 5.75 Å². The SMILES string of the molecule is CCOc1ccc(/C(CCN2CCCCCC2)=N\O)cc1. The Morgan fingerprint density at radius 1 is 1.14 bits per heavy atom. The summed E-state index contributed by atoms with van der Waals surface area (Å²) in [6.45, 7) is 5.93. The minimum absolute atomic E-state index is 0.662. The van der Waals surface area contributed by atoms with Crippen LogP contribution in [0.2, 0.25) is 0 Å². The molecule has 0 spiro atoms. The molecule has 0 radical (unpaired) electrons. The van der Waals surface area contributed by atoms with E-state index in [0.29, 0.717) is 6.61 Å². The maximum absolute atomic E-state index is 9.28.